The number of halogens is 1. The summed E-state index contributed by atoms with van der Waals surface area (Å²) in [5, 5.41) is 3.59. The molecule has 0 fully saturated rings. The van der Waals surface area contributed by atoms with E-state index in [1.807, 2.05) is 13.0 Å². The van der Waals surface area contributed by atoms with Crippen LogP contribution in [0.5, 0.6) is 0 Å². The summed E-state index contributed by atoms with van der Waals surface area (Å²) in [5.74, 6) is -0.0867. The van der Waals surface area contributed by atoms with Crippen molar-refractivity contribution in [3.63, 3.8) is 0 Å². The van der Waals surface area contributed by atoms with Gasteiger partial charge in [-0.1, -0.05) is 42.8 Å². The zero-order chi connectivity index (χ0) is 22.5. The molecular formula is C23H31ClN2O3S. The molecule has 0 aromatic heterocycles. The van der Waals surface area contributed by atoms with Gasteiger partial charge in [-0.25, -0.2) is 8.42 Å². The molecule has 164 valence electrons. The number of benzene rings is 2. The Morgan fingerprint density at radius 3 is 2.43 bits per heavy atom. The van der Waals surface area contributed by atoms with Crippen LogP contribution in [0.3, 0.4) is 0 Å². The average molecular weight is 451 g/mol. The van der Waals surface area contributed by atoms with Crippen LogP contribution in [-0.2, 0) is 14.8 Å². The van der Waals surface area contributed by atoms with Crippen LogP contribution in [-0.4, -0.2) is 27.1 Å². The molecule has 1 N–H and O–H groups in total. The fourth-order valence-electron chi connectivity index (χ4n) is 3.38. The van der Waals surface area contributed by atoms with Crippen molar-refractivity contribution in [1.29, 1.82) is 0 Å². The van der Waals surface area contributed by atoms with Crippen LogP contribution in [0.4, 0.5) is 5.69 Å². The number of anilines is 1. The van der Waals surface area contributed by atoms with E-state index in [4.69, 9.17) is 11.6 Å². The number of aryl methyl sites for hydroxylation is 2. The lowest BCUT2D eigenvalue weighted by molar-refractivity contribution is -0.121. The fourth-order valence-corrected chi connectivity index (χ4v) is 4.57. The first-order chi connectivity index (χ1) is 14.0. The Morgan fingerprint density at radius 2 is 1.83 bits per heavy atom. The highest BCUT2D eigenvalue weighted by Gasteiger charge is 2.21. The third-order valence-corrected chi connectivity index (χ3v) is 6.94. The SMILES string of the molecule is CC[C@@H](NC(=O)CCCN(c1cccc(Cl)c1C)S(C)(=O)=O)c1ccc(C)c(C)c1. The second-order valence-corrected chi connectivity index (χ2v) is 10.0. The molecule has 2 aromatic carbocycles. The first-order valence-corrected chi connectivity index (χ1v) is 12.4. The van der Waals surface area contributed by atoms with Crippen molar-refractivity contribution in [1.82, 2.24) is 5.32 Å². The number of nitrogens with zero attached hydrogens (tertiary/aromatic N) is 1. The molecule has 1 amide bonds. The third-order valence-electron chi connectivity index (χ3n) is 5.35. The summed E-state index contributed by atoms with van der Waals surface area (Å²) in [7, 11) is -3.49. The van der Waals surface area contributed by atoms with E-state index in [9.17, 15) is 13.2 Å². The van der Waals surface area contributed by atoms with Gasteiger partial charge in [-0.15, -0.1) is 0 Å². The van der Waals surface area contributed by atoms with Gasteiger partial charge in [0.2, 0.25) is 15.9 Å². The molecule has 1 atom stereocenters. The van der Waals surface area contributed by atoms with Gasteiger partial charge in [0.05, 0.1) is 18.0 Å². The lowest BCUT2D eigenvalue weighted by Gasteiger charge is -2.25. The van der Waals surface area contributed by atoms with E-state index < -0.39 is 10.0 Å². The molecule has 0 saturated carbocycles. The van der Waals surface area contributed by atoms with Crippen LogP contribution in [0, 0.1) is 20.8 Å². The zero-order valence-electron chi connectivity index (χ0n) is 18.3. The molecule has 0 unspecified atom stereocenters. The fraction of sp³-hybridized carbons (Fsp3) is 0.435. The van der Waals surface area contributed by atoms with Crippen LogP contribution in [0.1, 0.15) is 54.5 Å². The Bertz CT molecular complexity index is 1010. The minimum absolute atomic E-state index is 0.0574. The van der Waals surface area contributed by atoms with Gasteiger partial charge in [0, 0.05) is 18.0 Å². The van der Waals surface area contributed by atoms with Crippen molar-refractivity contribution in [2.45, 2.75) is 53.0 Å². The third kappa shape index (κ3) is 6.22. The van der Waals surface area contributed by atoms with Crippen molar-refractivity contribution in [3.05, 3.63) is 63.7 Å². The number of hydrogen-bond donors (Lipinski definition) is 1. The second kappa shape index (κ2) is 10.3. The summed E-state index contributed by atoms with van der Waals surface area (Å²) in [6.07, 6.45) is 2.60. The Kier molecular flexibility index (Phi) is 8.33. The monoisotopic (exact) mass is 450 g/mol. The van der Waals surface area contributed by atoms with Gasteiger partial charge in [-0.2, -0.15) is 0 Å². The van der Waals surface area contributed by atoms with Crippen molar-refractivity contribution in [2.24, 2.45) is 0 Å². The van der Waals surface area contributed by atoms with Gasteiger partial charge in [0.25, 0.3) is 0 Å². The van der Waals surface area contributed by atoms with Crippen LogP contribution >= 0.6 is 11.6 Å². The quantitative estimate of drug-likeness (QED) is 0.579. The van der Waals surface area contributed by atoms with E-state index in [-0.39, 0.29) is 24.9 Å². The minimum atomic E-state index is -3.49. The van der Waals surface area contributed by atoms with Crippen LogP contribution < -0.4 is 9.62 Å². The van der Waals surface area contributed by atoms with Crippen molar-refractivity contribution in [2.75, 3.05) is 17.1 Å². The Labute approximate surface area is 185 Å². The number of carbonyl (C=O) groups is 1. The number of hydrogen-bond acceptors (Lipinski definition) is 3. The Balaban J connectivity index is 2.03. The second-order valence-electron chi connectivity index (χ2n) is 7.69. The van der Waals surface area contributed by atoms with E-state index >= 15 is 0 Å². The van der Waals surface area contributed by atoms with E-state index in [1.165, 1.54) is 21.7 Å². The van der Waals surface area contributed by atoms with Gasteiger partial charge < -0.3 is 5.32 Å². The maximum atomic E-state index is 12.5. The molecule has 0 radical (unpaired) electrons. The predicted octanol–water partition coefficient (Wildman–Crippen LogP) is 5.08. The summed E-state index contributed by atoms with van der Waals surface area (Å²) in [6, 6.07) is 11.3. The van der Waals surface area contributed by atoms with Gasteiger partial charge in [0.15, 0.2) is 0 Å². The summed E-state index contributed by atoms with van der Waals surface area (Å²) in [5.41, 5.74) is 4.75. The summed E-state index contributed by atoms with van der Waals surface area (Å²) in [4.78, 5) is 12.5. The molecule has 30 heavy (non-hydrogen) atoms. The lowest BCUT2D eigenvalue weighted by Crippen LogP contribution is -2.33. The van der Waals surface area contributed by atoms with Crippen molar-refractivity contribution >= 4 is 33.2 Å². The molecule has 0 aliphatic heterocycles. The Hall–Kier alpha value is -2.05. The highest BCUT2D eigenvalue weighted by atomic mass is 35.5. The van der Waals surface area contributed by atoms with Crippen LogP contribution in [0.15, 0.2) is 36.4 Å². The van der Waals surface area contributed by atoms with Gasteiger partial charge in [0.1, 0.15) is 0 Å². The predicted molar refractivity (Wildman–Crippen MR) is 125 cm³/mol. The number of carbonyl (C=O) groups excluding carboxylic acids is 1. The van der Waals surface area contributed by atoms with E-state index in [0.717, 1.165) is 12.0 Å². The molecule has 0 spiro atoms. The highest BCUT2D eigenvalue weighted by molar-refractivity contribution is 7.92. The molecule has 5 nitrogen and oxygen atoms in total. The molecule has 0 aliphatic carbocycles. The van der Waals surface area contributed by atoms with Crippen LogP contribution in [0.2, 0.25) is 5.02 Å². The summed E-state index contributed by atoms with van der Waals surface area (Å²) in [6.45, 7) is 8.16. The van der Waals surface area contributed by atoms with E-state index in [0.29, 0.717) is 22.7 Å². The van der Waals surface area contributed by atoms with E-state index in [1.54, 1.807) is 25.1 Å². The highest BCUT2D eigenvalue weighted by Crippen LogP contribution is 2.28. The molecule has 0 saturated heterocycles. The van der Waals surface area contributed by atoms with Crippen molar-refractivity contribution < 1.29 is 13.2 Å². The minimum Gasteiger partial charge on any atom is -0.349 e. The molecule has 7 heteroatoms. The first-order valence-electron chi connectivity index (χ1n) is 10.1. The molecule has 0 aliphatic rings. The maximum Gasteiger partial charge on any atom is 0.232 e. The van der Waals surface area contributed by atoms with Gasteiger partial charge >= 0.3 is 0 Å². The first kappa shape index (κ1) is 24.2. The van der Waals surface area contributed by atoms with Crippen molar-refractivity contribution in [3.8, 4) is 0 Å². The maximum absolute atomic E-state index is 12.5. The topological polar surface area (TPSA) is 66.5 Å². The number of sulfonamides is 1. The van der Waals surface area contributed by atoms with Gasteiger partial charge in [-0.3, -0.25) is 9.10 Å². The molecular weight excluding hydrogens is 420 g/mol. The largest absolute Gasteiger partial charge is 0.349 e. The van der Waals surface area contributed by atoms with Crippen LogP contribution in [0.25, 0.3) is 0 Å². The lowest BCUT2D eigenvalue weighted by atomic mass is 9.99. The summed E-state index contributed by atoms with van der Waals surface area (Å²) < 4.78 is 26.0. The smallest absolute Gasteiger partial charge is 0.232 e. The Morgan fingerprint density at radius 1 is 1.13 bits per heavy atom. The standard InChI is InChI=1S/C23H31ClN2O3S/c1-6-21(19-13-12-16(2)17(3)15-19)25-23(27)11-8-14-26(30(5,28)29)22-10-7-9-20(24)18(22)4/h7,9-10,12-13,15,21H,6,8,11,14H2,1-5H3,(H,25,27)/t21-/m1/s1. The molecule has 0 bridgehead atoms. The molecule has 0 heterocycles. The normalized spacial score (nSPS) is 12.5. The molecule has 2 aromatic rings. The number of rotatable bonds is 9. The summed E-state index contributed by atoms with van der Waals surface area (Å²) >= 11 is 6.16. The number of amides is 1. The molecule has 2 rings (SSSR count). The average Bonchev–Trinajstić information content (AvgIpc) is 2.67. The van der Waals surface area contributed by atoms with Gasteiger partial charge in [-0.05, 0) is 68.0 Å². The van der Waals surface area contributed by atoms with E-state index in [2.05, 4.69) is 31.3 Å². The zero-order valence-corrected chi connectivity index (χ0v) is 19.9. The number of nitrogens with one attached hydrogen (secondary N) is 1.